The second kappa shape index (κ2) is 6.97. The number of carbonyl (C=O) groups is 1. The van der Waals surface area contributed by atoms with E-state index in [1.54, 1.807) is 12.1 Å². The summed E-state index contributed by atoms with van der Waals surface area (Å²) in [5, 5.41) is 13.9. The smallest absolute Gasteiger partial charge is 0.428 e. The molecule has 0 bridgehead atoms. The van der Waals surface area contributed by atoms with Crippen LogP contribution < -0.4 is 11.2 Å². The molecule has 3 rings (SSSR count). The van der Waals surface area contributed by atoms with Crippen LogP contribution in [0.2, 0.25) is 0 Å². The van der Waals surface area contributed by atoms with Gasteiger partial charge in [0.05, 0.1) is 16.0 Å². The summed E-state index contributed by atoms with van der Waals surface area (Å²) >= 11 is 3.26. The quantitative estimate of drug-likeness (QED) is 0.776. The molecule has 1 unspecified atom stereocenters. The van der Waals surface area contributed by atoms with Gasteiger partial charge in [0.1, 0.15) is 11.5 Å². The third kappa shape index (κ3) is 3.33. The molecule has 1 saturated carbocycles. The Hall–Kier alpha value is -1.98. The van der Waals surface area contributed by atoms with E-state index in [1.165, 1.54) is 6.07 Å². The van der Waals surface area contributed by atoms with Crippen molar-refractivity contribution in [1.82, 2.24) is 5.43 Å². The van der Waals surface area contributed by atoms with Gasteiger partial charge in [-0.3, -0.25) is 0 Å². The Morgan fingerprint density at radius 1 is 1.46 bits per heavy atom. The minimum atomic E-state index is -0.975. The number of benzene rings is 1. The van der Waals surface area contributed by atoms with Crippen LogP contribution in [0.25, 0.3) is 0 Å². The van der Waals surface area contributed by atoms with Crippen LogP contribution in [0, 0.1) is 22.6 Å². The second-order valence-electron chi connectivity index (χ2n) is 7.13. The third-order valence-corrected chi connectivity index (χ3v) is 5.96. The molecule has 1 heterocycles. The fourth-order valence-corrected chi connectivity index (χ4v) is 4.35. The van der Waals surface area contributed by atoms with E-state index in [1.807, 2.05) is 6.92 Å². The predicted octanol–water partition coefficient (Wildman–Crippen LogP) is 3.59. The molecule has 138 valence electrons. The van der Waals surface area contributed by atoms with Crippen molar-refractivity contribution in [1.29, 1.82) is 5.26 Å². The van der Waals surface area contributed by atoms with Gasteiger partial charge in [-0.2, -0.15) is 10.4 Å². The fraction of sp³-hybridized carbons (Fsp3) is 0.500. The lowest BCUT2D eigenvalue weighted by Gasteiger charge is -2.45. The van der Waals surface area contributed by atoms with Gasteiger partial charge in [-0.25, -0.2) is 14.6 Å². The van der Waals surface area contributed by atoms with Gasteiger partial charge in [-0.05, 0) is 61.0 Å². The van der Waals surface area contributed by atoms with E-state index in [0.717, 1.165) is 0 Å². The lowest BCUT2D eigenvalue weighted by molar-refractivity contribution is 0.00417. The van der Waals surface area contributed by atoms with Crippen molar-refractivity contribution in [3.63, 3.8) is 0 Å². The van der Waals surface area contributed by atoms with Crippen molar-refractivity contribution in [3.8, 4) is 6.07 Å². The average Bonchev–Trinajstić information content (AvgIpc) is 2.60. The third-order valence-electron chi connectivity index (χ3n) is 5.15. The lowest BCUT2D eigenvalue weighted by Crippen LogP contribution is -2.54. The van der Waals surface area contributed by atoms with Crippen LogP contribution in [-0.4, -0.2) is 23.4 Å². The molecule has 3 N–H and O–H groups in total. The molecule has 1 aromatic carbocycles. The second-order valence-corrected chi connectivity index (χ2v) is 7.92. The Bertz CT molecular complexity index is 795. The standard InChI is InChI=1S/C18H20BrFN4O2/c1-11(22)9-17(10-21)5-7-18(8-6-17)15(23-24-16(25)26-18)12-3-2-4-13(20)14(12)19/h2-4,11H,5-9,22H2,1H3,(H,24,25). The molecule has 1 amide bonds. The maximum absolute atomic E-state index is 14.0. The number of halogens is 2. The zero-order chi connectivity index (χ0) is 18.9. The van der Waals surface area contributed by atoms with E-state index in [-0.39, 0.29) is 10.5 Å². The number of rotatable bonds is 3. The minimum absolute atomic E-state index is 0.0928. The van der Waals surface area contributed by atoms with Gasteiger partial charge in [0.15, 0.2) is 5.60 Å². The largest absolute Gasteiger partial charge is 0.435 e. The van der Waals surface area contributed by atoms with Crippen LogP contribution in [0.3, 0.4) is 0 Å². The number of amides is 1. The van der Waals surface area contributed by atoms with Gasteiger partial charge in [-0.15, -0.1) is 0 Å². The van der Waals surface area contributed by atoms with Crippen LogP contribution in [0.4, 0.5) is 9.18 Å². The first-order valence-corrected chi connectivity index (χ1v) is 9.28. The number of hydrogen-bond acceptors (Lipinski definition) is 5. The molecule has 1 aliphatic heterocycles. The molecule has 1 aromatic rings. The maximum Gasteiger partial charge on any atom is 0.428 e. The highest BCUT2D eigenvalue weighted by Crippen LogP contribution is 2.47. The van der Waals surface area contributed by atoms with Crippen LogP contribution >= 0.6 is 15.9 Å². The van der Waals surface area contributed by atoms with Gasteiger partial charge in [0, 0.05) is 11.6 Å². The molecule has 26 heavy (non-hydrogen) atoms. The summed E-state index contributed by atoms with van der Waals surface area (Å²) in [5.41, 5.74) is 7.71. The number of carbonyl (C=O) groups excluding carboxylic acids is 1. The molecular formula is C18H20BrFN4O2. The van der Waals surface area contributed by atoms with Crippen molar-refractivity contribution in [3.05, 3.63) is 34.1 Å². The molecule has 1 fully saturated rings. The van der Waals surface area contributed by atoms with E-state index in [0.29, 0.717) is 43.4 Å². The highest BCUT2D eigenvalue weighted by Gasteiger charge is 2.51. The van der Waals surface area contributed by atoms with Crippen molar-refractivity contribution in [2.45, 2.75) is 50.7 Å². The molecule has 1 atom stereocenters. The summed E-state index contributed by atoms with van der Waals surface area (Å²) in [4.78, 5) is 11.9. The molecule has 0 radical (unpaired) electrons. The Morgan fingerprint density at radius 3 is 2.77 bits per heavy atom. The summed E-state index contributed by atoms with van der Waals surface area (Å²) in [5.74, 6) is -0.420. The van der Waals surface area contributed by atoms with Crippen LogP contribution in [0.5, 0.6) is 0 Å². The maximum atomic E-state index is 14.0. The normalized spacial score (nSPS) is 29.3. The number of ether oxygens (including phenoxy) is 1. The summed E-state index contributed by atoms with van der Waals surface area (Å²) in [7, 11) is 0. The van der Waals surface area contributed by atoms with Crippen molar-refractivity contribution < 1.29 is 13.9 Å². The number of nitriles is 1. The van der Waals surface area contributed by atoms with Gasteiger partial charge >= 0.3 is 6.09 Å². The molecule has 8 heteroatoms. The van der Waals surface area contributed by atoms with Crippen molar-refractivity contribution in [2.24, 2.45) is 16.3 Å². The molecular weight excluding hydrogens is 403 g/mol. The van der Waals surface area contributed by atoms with Crippen LogP contribution in [0.1, 0.15) is 44.6 Å². The molecule has 0 saturated heterocycles. The monoisotopic (exact) mass is 422 g/mol. The minimum Gasteiger partial charge on any atom is -0.435 e. The Balaban J connectivity index is 1.96. The van der Waals surface area contributed by atoms with Crippen LogP contribution in [0.15, 0.2) is 27.8 Å². The highest BCUT2D eigenvalue weighted by molar-refractivity contribution is 9.10. The number of nitrogens with one attached hydrogen (secondary N) is 1. The molecule has 1 aliphatic carbocycles. The fourth-order valence-electron chi connectivity index (χ4n) is 3.89. The van der Waals surface area contributed by atoms with E-state index in [4.69, 9.17) is 10.5 Å². The topological polar surface area (TPSA) is 101 Å². The first kappa shape index (κ1) is 18.8. The van der Waals surface area contributed by atoms with Gasteiger partial charge in [0.2, 0.25) is 0 Å². The van der Waals surface area contributed by atoms with Crippen molar-refractivity contribution in [2.75, 3.05) is 0 Å². The lowest BCUT2D eigenvalue weighted by atomic mass is 9.65. The first-order chi connectivity index (χ1) is 12.3. The van der Waals surface area contributed by atoms with E-state index < -0.39 is 22.9 Å². The van der Waals surface area contributed by atoms with Crippen molar-refractivity contribution >= 4 is 27.7 Å². The molecule has 0 aromatic heterocycles. The molecule has 6 nitrogen and oxygen atoms in total. The summed E-state index contributed by atoms with van der Waals surface area (Å²) < 4.78 is 19.9. The highest BCUT2D eigenvalue weighted by atomic mass is 79.9. The van der Waals surface area contributed by atoms with E-state index in [9.17, 15) is 14.4 Å². The van der Waals surface area contributed by atoms with Gasteiger partial charge in [0.25, 0.3) is 0 Å². The SMILES string of the molecule is CC(N)CC1(C#N)CCC2(CC1)OC(=O)NN=C2c1cccc(F)c1Br. The predicted molar refractivity (Wildman–Crippen MR) is 97.8 cm³/mol. The Morgan fingerprint density at radius 2 is 2.15 bits per heavy atom. The van der Waals surface area contributed by atoms with Crippen LogP contribution in [-0.2, 0) is 4.74 Å². The molecule has 1 spiro atoms. The van der Waals surface area contributed by atoms with Gasteiger partial charge < -0.3 is 10.5 Å². The van der Waals surface area contributed by atoms with E-state index >= 15 is 0 Å². The number of hydrogen-bond donors (Lipinski definition) is 2. The Kier molecular flexibility index (Phi) is 5.04. The summed E-state index contributed by atoms with van der Waals surface area (Å²) in [6, 6.07) is 6.97. The zero-order valence-corrected chi connectivity index (χ0v) is 16.0. The van der Waals surface area contributed by atoms with E-state index in [2.05, 4.69) is 32.5 Å². The molecule has 2 aliphatic rings. The number of hydrazone groups is 1. The zero-order valence-electron chi connectivity index (χ0n) is 14.4. The number of nitrogens with two attached hydrogens (primary N) is 1. The summed E-state index contributed by atoms with van der Waals surface area (Å²) in [6.07, 6.45) is 1.87. The summed E-state index contributed by atoms with van der Waals surface area (Å²) in [6.45, 7) is 1.88. The average molecular weight is 423 g/mol. The van der Waals surface area contributed by atoms with Gasteiger partial charge in [-0.1, -0.05) is 12.1 Å². The number of nitrogens with zero attached hydrogens (tertiary/aromatic N) is 2. The first-order valence-electron chi connectivity index (χ1n) is 8.49. The Labute approximate surface area is 159 Å².